The molecule has 0 saturated heterocycles. The lowest BCUT2D eigenvalue weighted by molar-refractivity contribution is 0.0475. The molecule has 6 rings (SSSR count). The van der Waals surface area contributed by atoms with E-state index in [1.807, 2.05) is 93.5 Å². The summed E-state index contributed by atoms with van der Waals surface area (Å²) in [5.74, 6) is 0.258. The number of halogens is 1. The lowest BCUT2D eigenvalue weighted by Crippen LogP contribution is -2.50. The summed E-state index contributed by atoms with van der Waals surface area (Å²) in [7, 11) is 0. The minimum Gasteiger partial charge on any atom is -0.444 e. The Morgan fingerprint density at radius 2 is 1.01 bits per heavy atom. The number of nitrogens with two attached hydrogens (primary N) is 3. The number of hydrogen-bond donors (Lipinski definition) is 8. The number of carbonyl (C=O) groups excluding carboxylic acids is 4. The topological polar surface area (TPSA) is 302 Å². The molecule has 2 aliphatic carbocycles. The molecule has 0 unspecified atom stereocenters. The molecule has 20 nitrogen and oxygen atoms in total. The maximum atomic E-state index is 12.3. The van der Waals surface area contributed by atoms with Gasteiger partial charge >= 0.3 is 12.2 Å². The summed E-state index contributed by atoms with van der Waals surface area (Å²) in [4.78, 5) is 55.7. The second-order valence-electron chi connectivity index (χ2n) is 18.7. The summed E-state index contributed by atoms with van der Waals surface area (Å²) in [6.45, 7) is 18.7. The molecule has 4 heterocycles. The zero-order valence-corrected chi connectivity index (χ0v) is 40.9. The molecule has 2 fully saturated rings. The Kier molecular flexibility index (Phi) is 18.9. The summed E-state index contributed by atoms with van der Waals surface area (Å²) < 4.78 is 10.6. The van der Waals surface area contributed by atoms with Crippen LogP contribution >= 0.6 is 11.6 Å². The van der Waals surface area contributed by atoms with Crippen LogP contribution in [0.4, 0.5) is 38.4 Å². The van der Waals surface area contributed by atoms with E-state index >= 15 is 0 Å². The van der Waals surface area contributed by atoms with Crippen LogP contribution in [0.15, 0.2) is 36.4 Å². The minimum atomic E-state index is -0.692. The average molecular weight is 948 g/mol. The highest BCUT2D eigenvalue weighted by molar-refractivity contribution is 6.29. The highest BCUT2D eigenvalue weighted by Crippen LogP contribution is 2.27. The van der Waals surface area contributed by atoms with E-state index in [0.29, 0.717) is 28.8 Å². The van der Waals surface area contributed by atoms with Crippen molar-refractivity contribution in [3.63, 3.8) is 0 Å². The summed E-state index contributed by atoms with van der Waals surface area (Å²) in [5, 5.41) is 30.9. The lowest BCUT2D eigenvalue weighted by Gasteiger charge is -2.33. The Labute approximate surface area is 397 Å². The second kappa shape index (κ2) is 23.9. The van der Waals surface area contributed by atoms with Crippen LogP contribution in [-0.4, -0.2) is 89.7 Å². The van der Waals surface area contributed by atoms with Crippen molar-refractivity contribution < 1.29 is 28.7 Å². The van der Waals surface area contributed by atoms with E-state index in [2.05, 4.69) is 56.9 Å². The van der Waals surface area contributed by atoms with Crippen LogP contribution < -0.4 is 43.8 Å². The van der Waals surface area contributed by atoms with Crippen molar-refractivity contribution in [3.8, 4) is 0 Å². The Balaban J connectivity index is 0.000000243. The first-order chi connectivity index (χ1) is 31.3. The van der Waals surface area contributed by atoms with Crippen LogP contribution in [0.25, 0.3) is 0 Å². The molecule has 2 aliphatic rings. The largest absolute Gasteiger partial charge is 0.444 e. The maximum absolute atomic E-state index is 12.3. The normalized spacial score (nSPS) is 18.0. The van der Waals surface area contributed by atoms with Gasteiger partial charge in [-0.25, -0.2) is 19.6 Å². The van der Waals surface area contributed by atoms with Crippen molar-refractivity contribution >= 4 is 64.4 Å². The van der Waals surface area contributed by atoms with Crippen molar-refractivity contribution in [2.75, 3.05) is 16.0 Å². The molecule has 0 radical (unpaired) electrons. The van der Waals surface area contributed by atoms with Crippen LogP contribution in [0.3, 0.4) is 0 Å². The quantitative estimate of drug-likeness (QED) is 0.0771. The number of rotatable bonds is 10. The number of alkyl carbamates (subject to hydrolysis) is 2. The molecule has 0 aromatic carbocycles. The molecule has 4 amide bonds. The van der Waals surface area contributed by atoms with Gasteiger partial charge < -0.3 is 53.3 Å². The van der Waals surface area contributed by atoms with Crippen molar-refractivity contribution in [1.29, 1.82) is 0 Å². The van der Waals surface area contributed by atoms with Crippen LogP contribution in [0.2, 0.25) is 5.15 Å². The van der Waals surface area contributed by atoms with E-state index in [0.717, 1.165) is 73.9 Å². The molecule has 11 N–H and O–H groups in total. The average Bonchev–Trinajstić information content (AvgIpc) is 3.18. The number of nitrogens with one attached hydrogen (secondary N) is 5. The fraction of sp³-hybridized carbons (Fsp3) is 0.522. The van der Waals surface area contributed by atoms with Gasteiger partial charge in [-0.1, -0.05) is 37.3 Å². The van der Waals surface area contributed by atoms with Crippen molar-refractivity contribution in [1.82, 2.24) is 41.0 Å². The fourth-order valence-electron chi connectivity index (χ4n) is 7.39. The summed E-state index contributed by atoms with van der Waals surface area (Å²) in [5.41, 5.74) is 20.3. The number of anilines is 5. The van der Waals surface area contributed by atoms with E-state index < -0.39 is 29.1 Å². The molecule has 4 atom stereocenters. The number of primary amides is 2. The van der Waals surface area contributed by atoms with Gasteiger partial charge in [0.15, 0.2) is 22.4 Å². The van der Waals surface area contributed by atoms with E-state index in [-0.39, 0.29) is 46.8 Å². The van der Waals surface area contributed by atoms with Gasteiger partial charge in [-0.15, -0.1) is 20.4 Å². The van der Waals surface area contributed by atoms with Crippen LogP contribution in [-0.2, 0) is 9.47 Å². The maximum Gasteiger partial charge on any atom is 0.407 e. The summed E-state index contributed by atoms with van der Waals surface area (Å²) >= 11 is 5.76. The van der Waals surface area contributed by atoms with Gasteiger partial charge in [0.25, 0.3) is 11.8 Å². The fourth-order valence-corrected chi connectivity index (χ4v) is 7.54. The first-order valence-electron chi connectivity index (χ1n) is 22.3. The minimum absolute atomic E-state index is 0.0189. The number of hydrogen-bond acceptors (Lipinski definition) is 16. The second-order valence-corrected chi connectivity index (χ2v) is 19.1. The summed E-state index contributed by atoms with van der Waals surface area (Å²) in [6, 6.07) is 10.7. The Morgan fingerprint density at radius 3 is 1.48 bits per heavy atom. The number of carbonyl (C=O) groups is 4. The van der Waals surface area contributed by atoms with E-state index in [1.165, 1.54) is 6.07 Å². The number of amides is 4. The van der Waals surface area contributed by atoms with Crippen LogP contribution in [0, 0.1) is 27.7 Å². The van der Waals surface area contributed by atoms with Gasteiger partial charge in [-0.2, -0.15) is 0 Å². The van der Waals surface area contributed by atoms with Crippen molar-refractivity contribution in [2.24, 2.45) is 17.2 Å². The molecule has 21 heteroatoms. The number of ether oxygens (including phenoxy) is 2. The smallest absolute Gasteiger partial charge is 0.407 e. The highest BCUT2D eigenvalue weighted by Gasteiger charge is 2.30. The van der Waals surface area contributed by atoms with Crippen LogP contribution in [0.1, 0.15) is 136 Å². The van der Waals surface area contributed by atoms with Gasteiger partial charge in [-0.05, 0) is 130 Å². The molecule has 2 saturated carbocycles. The third-order valence-corrected chi connectivity index (χ3v) is 10.3. The Hall–Kier alpha value is -6.41. The van der Waals surface area contributed by atoms with Gasteiger partial charge in [0, 0.05) is 41.6 Å². The zero-order chi connectivity index (χ0) is 49.6. The monoisotopic (exact) mass is 947 g/mol. The molecular formula is C46H67ClN14O6. The molecule has 0 spiro atoms. The number of aryl methyl sites for hydroxylation is 4. The highest BCUT2D eigenvalue weighted by atomic mass is 35.5. The summed E-state index contributed by atoms with van der Waals surface area (Å²) in [6.07, 6.45) is 7.14. The number of aromatic nitrogens is 6. The molecule has 364 valence electrons. The molecule has 4 aromatic heterocycles. The predicted octanol–water partition coefficient (Wildman–Crippen LogP) is 7.34. The number of pyridine rings is 2. The first-order valence-corrected chi connectivity index (χ1v) is 22.7. The molecule has 67 heavy (non-hydrogen) atoms. The van der Waals surface area contributed by atoms with Crippen LogP contribution in [0.5, 0.6) is 0 Å². The molecule has 0 aliphatic heterocycles. The van der Waals surface area contributed by atoms with E-state index in [1.54, 1.807) is 6.07 Å². The molecule has 0 bridgehead atoms. The first kappa shape index (κ1) is 53.2. The van der Waals surface area contributed by atoms with Crippen molar-refractivity contribution in [3.05, 3.63) is 75.5 Å². The standard InChI is InChI=1S/C23H33N7O3.C12H12ClN5O.C11H22N2O2/c1-13-10-14(2)25-18(11-13)27-17-12-19(29-30-20(17)21(24)31)26-15-8-6-7-9-16(15)28-22(32)33-23(3,4)5;1-6-3-7(2)15-10(4-6)16-8-5-9(13)17-18-11(8)12(14)19;1-11(2,3)15-10(14)13-9-7-5-4-6-8(9)12/h10-12,15-16H,6-9H2,1-5H3,(H2,24,31)(H,28,32)(H2,25,26,27,29);3-5H,1-2H3,(H2,14,19)(H,15,16,17);8-9H,4-7,12H2,1-3H3,(H,13,14)/t15-,16+;;8-,9+/m1.1/s1. The Morgan fingerprint density at radius 1 is 0.582 bits per heavy atom. The molecular weight excluding hydrogens is 880 g/mol. The lowest BCUT2D eigenvalue weighted by atomic mass is 9.90. The third kappa shape index (κ3) is 18.4. The Bertz CT molecular complexity index is 2310. The number of nitrogens with zero attached hydrogens (tertiary/aromatic N) is 6. The SMILES string of the molecule is CC(C)(C)OC(=O)N[C@H]1CCCC[C@H]1N.Cc1cc(C)nc(Nc2cc(Cl)nnc2C(N)=O)c1.Cc1cc(C)nc(Nc2cc(N[C@@H]3CCCC[C@@H]3NC(=O)OC(C)(C)C)nnc2C(N)=O)c1. The van der Waals surface area contributed by atoms with Gasteiger partial charge in [0.1, 0.15) is 22.8 Å². The van der Waals surface area contributed by atoms with Gasteiger partial charge in [0.05, 0.1) is 17.4 Å². The van der Waals surface area contributed by atoms with Gasteiger partial charge in [-0.3, -0.25) is 9.59 Å². The van der Waals surface area contributed by atoms with Gasteiger partial charge in [0.2, 0.25) is 0 Å². The van der Waals surface area contributed by atoms with Crippen molar-refractivity contribution in [2.45, 2.75) is 156 Å². The molecule has 4 aromatic rings. The zero-order valence-electron chi connectivity index (χ0n) is 40.2. The third-order valence-electron chi connectivity index (χ3n) is 10.1. The van der Waals surface area contributed by atoms with E-state index in [4.69, 9.17) is 38.3 Å². The van der Waals surface area contributed by atoms with E-state index in [9.17, 15) is 19.2 Å². The predicted molar refractivity (Wildman–Crippen MR) is 259 cm³/mol.